The predicted molar refractivity (Wildman–Crippen MR) is 149 cm³/mol. The van der Waals surface area contributed by atoms with Gasteiger partial charge in [-0.1, -0.05) is 53.7 Å². The molecule has 2 aromatic carbocycles. The second-order valence-electron chi connectivity index (χ2n) is 9.72. The summed E-state index contributed by atoms with van der Waals surface area (Å²) in [7, 11) is 0. The summed E-state index contributed by atoms with van der Waals surface area (Å²) in [6.07, 6.45) is 2.56. The quantitative estimate of drug-likeness (QED) is 0.170. The molecular weight excluding hydrogens is 498 g/mol. The fraction of sp³-hybridized carbons (Fsp3) is 0.414. The molecule has 1 saturated heterocycles. The summed E-state index contributed by atoms with van der Waals surface area (Å²) in [4.78, 5) is 31.4. The average molecular weight is 532 g/mol. The number of hydrogen-bond donors (Lipinski definition) is 0. The van der Waals surface area contributed by atoms with Gasteiger partial charge in [0.05, 0.1) is 18.0 Å². The van der Waals surface area contributed by atoms with Crippen LogP contribution in [0.1, 0.15) is 43.7 Å². The van der Waals surface area contributed by atoms with Gasteiger partial charge in [-0.05, 0) is 50.8 Å². The molecule has 198 valence electrons. The smallest absolute Gasteiger partial charge is 0.309 e. The summed E-state index contributed by atoms with van der Waals surface area (Å²) < 4.78 is 7.33. The summed E-state index contributed by atoms with van der Waals surface area (Å²) in [6.45, 7) is 6.23. The highest BCUT2D eigenvalue weighted by molar-refractivity contribution is 7.99. The molecule has 38 heavy (non-hydrogen) atoms. The van der Waals surface area contributed by atoms with E-state index in [1.807, 2.05) is 30.0 Å². The lowest BCUT2D eigenvalue weighted by Gasteiger charge is -2.31. The van der Waals surface area contributed by atoms with E-state index in [0.29, 0.717) is 50.7 Å². The van der Waals surface area contributed by atoms with E-state index in [0.717, 1.165) is 34.2 Å². The van der Waals surface area contributed by atoms with Gasteiger partial charge in [0.25, 0.3) is 0 Å². The molecule has 0 spiro atoms. The number of nitrogens with zero attached hydrogens (tertiary/aromatic N) is 5. The van der Waals surface area contributed by atoms with E-state index in [4.69, 9.17) is 9.72 Å². The predicted octanol–water partition coefficient (Wildman–Crippen LogP) is 5.01. The van der Waals surface area contributed by atoms with E-state index < -0.39 is 0 Å². The Morgan fingerprint density at radius 2 is 1.87 bits per heavy atom. The Hall–Kier alpha value is -3.46. The standard InChI is InChI=1S/C29H33N5O3S/c1-3-37-28(36)22-13-15-33(16-14-22)25(35)10-7-17-38-29-30-27-26(31-32-29)23-18-20(2)11-12-24(23)34(27)19-21-8-5-4-6-9-21/h4-6,8-9,11-12,18,22H,3,7,10,13-17,19H2,1-2H3. The normalized spacial score (nSPS) is 14.3. The molecular formula is C29H33N5O3S. The van der Waals surface area contributed by atoms with Crippen molar-refractivity contribution in [1.29, 1.82) is 0 Å². The minimum Gasteiger partial charge on any atom is -0.466 e. The first-order valence-corrected chi connectivity index (χ1v) is 14.3. The summed E-state index contributed by atoms with van der Waals surface area (Å²) in [6, 6.07) is 16.7. The van der Waals surface area contributed by atoms with Gasteiger partial charge < -0.3 is 14.2 Å². The number of thioether (sulfide) groups is 1. The lowest BCUT2D eigenvalue weighted by molar-refractivity contribution is -0.151. The van der Waals surface area contributed by atoms with Crippen molar-refractivity contribution < 1.29 is 14.3 Å². The van der Waals surface area contributed by atoms with Crippen LogP contribution in [0.2, 0.25) is 0 Å². The highest BCUT2D eigenvalue weighted by Gasteiger charge is 2.28. The summed E-state index contributed by atoms with van der Waals surface area (Å²) >= 11 is 1.53. The summed E-state index contributed by atoms with van der Waals surface area (Å²) in [5.41, 5.74) is 5.10. The number of aryl methyl sites for hydroxylation is 1. The molecule has 0 bridgehead atoms. The Kier molecular flexibility index (Phi) is 8.22. The lowest BCUT2D eigenvalue weighted by Crippen LogP contribution is -2.40. The first-order chi connectivity index (χ1) is 18.5. The summed E-state index contributed by atoms with van der Waals surface area (Å²) in [5.74, 6) is 0.645. The molecule has 0 N–H and O–H groups in total. The molecule has 1 fully saturated rings. The van der Waals surface area contributed by atoms with Gasteiger partial charge in [0.15, 0.2) is 5.65 Å². The van der Waals surface area contributed by atoms with Crippen molar-refractivity contribution in [3.8, 4) is 0 Å². The largest absolute Gasteiger partial charge is 0.466 e. The molecule has 9 heteroatoms. The number of benzene rings is 2. The minimum atomic E-state index is -0.139. The fourth-order valence-corrected chi connectivity index (χ4v) is 5.73. The highest BCUT2D eigenvalue weighted by Crippen LogP contribution is 2.29. The van der Waals surface area contributed by atoms with Crippen LogP contribution < -0.4 is 0 Å². The molecule has 5 rings (SSSR count). The maximum Gasteiger partial charge on any atom is 0.309 e. The number of esters is 1. The average Bonchev–Trinajstić information content (AvgIpc) is 3.23. The third kappa shape index (κ3) is 5.83. The molecule has 0 radical (unpaired) electrons. The van der Waals surface area contributed by atoms with Crippen LogP contribution in [0.3, 0.4) is 0 Å². The number of rotatable bonds is 9. The third-order valence-electron chi connectivity index (χ3n) is 7.02. The van der Waals surface area contributed by atoms with Crippen LogP contribution in [0.25, 0.3) is 22.1 Å². The van der Waals surface area contributed by atoms with Crippen LogP contribution in [-0.2, 0) is 20.9 Å². The SMILES string of the molecule is CCOC(=O)C1CCN(C(=O)CCCSc2nnc3c4cc(C)ccc4n(Cc4ccccc4)c3n2)CC1. The van der Waals surface area contributed by atoms with Crippen LogP contribution in [0, 0.1) is 12.8 Å². The Morgan fingerprint density at radius 1 is 1.08 bits per heavy atom. The number of aromatic nitrogens is 4. The minimum absolute atomic E-state index is 0.0875. The number of amides is 1. The van der Waals surface area contributed by atoms with E-state index in [1.54, 1.807) is 0 Å². The van der Waals surface area contributed by atoms with Crippen molar-refractivity contribution in [2.45, 2.75) is 51.2 Å². The van der Waals surface area contributed by atoms with Crippen molar-refractivity contribution >= 4 is 45.7 Å². The maximum absolute atomic E-state index is 12.7. The van der Waals surface area contributed by atoms with Crippen molar-refractivity contribution in [2.75, 3.05) is 25.4 Å². The number of piperidine rings is 1. The number of carbonyl (C=O) groups excluding carboxylic acids is 2. The van der Waals surface area contributed by atoms with Crippen LogP contribution in [-0.4, -0.2) is 62.0 Å². The lowest BCUT2D eigenvalue weighted by atomic mass is 9.97. The van der Waals surface area contributed by atoms with Crippen LogP contribution in [0.5, 0.6) is 0 Å². The van der Waals surface area contributed by atoms with Gasteiger partial charge in [-0.3, -0.25) is 9.59 Å². The van der Waals surface area contributed by atoms with Crippen LogP contribution in [0.4, 0.5) is 0 Å². The molecule has 1 aliphatic heterocycles. The monoisotopic (exact) mass is 531 g/mol. The zero-order valence-electron chi connectivity index (χ0n) is 21.9. The van der Waals surface area contributed by atoms with Crippen molar-refractivity contribution in [3.63, 3.8) is 0 Å². The Bertz CT molecular complexity index is 1430. The number of fused-ring (bicyclic) bond motifs is 3. The molecule has 0 saturated carbocycles. The Balaban J connectivity index is 1.22. The van der Waals surface area contributed by atoms with Crippen LogP contribution >= 0.6 is 11.8 Å². The zero-order valence-corrected chi connectivity index (χ0v) is 22.7. The third-order valence-corrected chi connectivity index (χ3v) is 7.94. The van der Waals surface area contributed by atoms with E-state index in [9.17, 15) is 9.59 Å². The number of carbonyl (C=O) groups is 2. The first kappa shape index (κ1) is 26.2. The number of ether oxygens (including phenoxy) is 1. The fourth-order valence-electron chi connectivity index (χ4n) is 5.01. The second-order valence-corrected chi connectivity index (χ2v) is 10.8. The Morgan fingerprint density at radius 3 is 2.63 bits per heavy atom. The number of hydrogen-bond acceptors (Lipinski definition) is 7. The molecule has 1 amide bonds. The van der Waals surface area contributed by atoms with Crippen molar-refractivity contribution in [1.82, 2.24) is 24.6 Å². The number of likely N-dealkylation sites (tertiary alicyclic amines) is 1. The van der Waals surface area contributed by atoms with E-state index in [2.05, 4.69) is 52.0 Å². The Labute approximate surface area is 226 Å². The maximum atomic E-state index is 12.7. The van der Waals surface area contributed by atoms with Gasteiger partial charge in [0.1, 0.15) is 5.52 Å². The van der Waals surface area contributed by atoms with Crippen molar-refractivity contribution in [3.05, 3.63) is 59.7 Å². The molecule has 3 heterocycles. The summed E-state index contributed by atoms with van der Waals surface area (Å²) in [5, 5.41) is 10.6. The molecule has 8 nitrogen and oxygen atoms in total. The first-order valence-electron chi connectivity index (χ1n) is 13.3. The zero-order chi connectivity index (χ0) is 26.5. The van der Waals surface area contributed by atoms with Gasteiger partial charge in [0, 0.05) is 37.2 Å². The molecule has 0 aliphatic carbocycles. The van der Waals surface area contributed by atoms with E-state index >= 15 is 0 Å². The topological polar surface area (TPSA) is 90.2 Å². The van der Waals surface area contributed by atoms with Gasteiger partial charge >= 0.3 is 5.97 Å². The van der Waals surface area contributed by atoms with Crippen LogP contribution in [0.15, 0.2) is 53.7 Å². The molecule has 0 atom stereocenters. The van der Waals surface area contributed by atoms with E-state index in [-0.39, 0.29) is 17.8 Å². The molecule has 1 aliphatic rings. The molecule has 4 aromatic rings. The molecule has 2 aromatic heterocycles. The van der Waals surface area contributed by atoms with Crippen molar-refractivity contribution in [2.24, 2.45) is 5.92 Å². The molecule has 0 unspecified atom stereocenters. The second kappa shape index (κ2) is 11.9. The van der Waals surface area contributed by atoms with Gasteiger partial charge in [-0.15, -0.1) is 10.2 Å². The van der Waals surface area contributed by atoms with Gasteiger partial charge in [-0.2, -0.15) is 0 Å². The van der Waals surface area contributed by atoms with Gasteiger partial charge in [0.2, 0.25) is 11.1 Å². The highest BCUT2D eigenvalue weighted by atomic mass is 32.2. The van der Waals surface area contributed by atoms with Gasteiger partial charge in [-0.25, -0.2) is 4.98 Å². The van der Waals surface area contributed by atoms with E-state index in [1.165, 1.54) is 22.9 Å².